The third-order valence-electron chi connectivity index (χ3n) is 3.59. The number of hydrogen-bond acceptors (Lipinski definition) is 6. The van der Waals surface area contributed by atoms with Crippen molar-refractivity contribution in [1.82, 2.24) is 4.98 Å². The number of ether oxygens (including phenoxy) is 1. The lowest BCUT2D eigenvalue weighted by atomic mass is 10.1. The topological polar surface area (TPSA) is 110 Å². The normalized spacial score (nSPS) is 11.0. The second kappa shape index (κ2) is 6.19. The number of benzene rings is 1. The van der Waals surface area contributed by atoms with E-state index in [4.69, 9.17) is 14.3 Å². The third kappa shape index (κ3) is 2.76. The Labute approximate surface area is 136 Å². The molecule has 124 valence electrons. The van der Waals surface area contributed by atoms with Crippen LogP contribution in [0.4, 0.5) is 0 Å². The molecule has 1 aromatic carbocycles. The summed E-state index contributed by atoms with van der Waals surface area (Å²) >= 11 is 0. The zero-order valence-electron chi connectivity index (χ0n) is 12.9. The minimum absolute atomic E-state index is 0.0247. The fourth-order valence-corrected chi connectivity index (χ4v) is 2.39. The van der Waals surface area contributed by atoms with Crippen LogP contribution < -0.4 is 10.2 Å². The highest BCUT2D eigenvalue weighted by atomic mass is 16.5. The molecule has 0 amide bonds. The van der Waals surface area contributed by atoms with Gasteiger partial charge < -0.3 is 19.4 Å². The molecule has 0 atom stereocenters. The van der Waals surface area contributed by atoms with Crippen molar-refractivity contribution >= 4 is 27.8 Å². The summed E-state index contributed by atoms with van der Waals surface area (Å²) in [5.74, 6) is -1.82. The Kier molecular flexibility index (Phi) is 4.07. The first-order valence-electron chi connectivity index (χ1n) is 7.48. The summed E-state index contributed by atoms with van der Waals surface area (Å²) in [6.45, 7) is 2.59. The standard InChI is InChI=1S/C17H15NO6/c1-2-3-6-23-9-4-5-11-10(7-9)15-14(16(20)18-11)12(19)8-13(24-15)17(21)22/h4-5,7-8H,2-3,6H2,1H3,(H,18,20)(H,21,22). The molecule has 0 fully saturated rings. The highest BCUT2D eigenvalue weighted by Crippen LogP contribution is 2.31. The van der Waals surface area contributed by atoms with Crippen molar-refractivity contribution in [2.75, 3.05) is 6.61 Å². The summed E-state index contributed by atoms with van der Waals surface area (Å²) in [6.07, 6.45) is 1.88. The van der Waals surface area contributed by atoms with Gasteiger partial charge in [-0.05, 0) is 24.6 Å². The summed E-state index contributed by atoms with van der Waals surface area (Å²) in [6, 6.07) is 5.74. The highest BCUT2D eigenvalue weighted by molar-refractivity contribution is 6.05. The van der Waals surface area contributed by atoms with Crippen molar-refractivity contribution < 1.29 is 24.2 Å². The van der Waals surface area contributed by atoms with Crippen molar-refractivity contribution in [3.05, 3.63) is 40.2 Å². The van der Waals surface area contributed by atoms with Gasteiger partial charge >= 0.3 is 5.97 Å². The summed E-state index contributed by atoms with van der Waals surface area (Å²) in [5, 5.41) is 19.3. The molecule has 3 rings (SSSR count). The molecule has 0 bridgehead atoms. The zero-order valence-corrected chi connectivity index (χ0v) is 12.9. The lowest BCUT2D eigenvalue weighted by molar-refractivity contribution is 0.0663. The van der Waals surface area contributed by atoms with Crippen molar-refractivity contribution in [2.45, 2.75) is 19.8 Å². The van der Waals surface area contributed by atoms with E-state index < -0.39 is 23.0 Å². The molecule has 0 unspecified atom stereocenters. The molecule has 2 aromatic heterocycles. The average molecular weight is 329 g/mol. The summed E-state index contributed by atoms with van der Waals surface area (Å²) < 4.78 is 10.9. The first-order valence-corrected chi connectivity index (χ1v) is 7.48. The molecule has 0 aliphatic carbocycles. The number of carbonyl (C=O) groups is 1. The number of carboxylic acids is 1. The Balaban J connectivity index is 2.27. The largest absolute Gasteiger partial charge is 0.494 e. The van der Waals surface area contributed by atoms with Crippen LogP contribution in [0.5, 0.6) is 11.6 Å². The molecule has 0 saturated heterocycles. The predicted molar refractivity (Wildman–Crippen MR) is 86.8 cm³/mol. The monoisotopic (exact) mass is 329 g/mol. The lowest BCUT2D eigenvalue weighted by Crippen LogP contribution is -2.07. The zero-order chi connectivity index (χ0) is 17.3. The van der Waals surface area contributed by atoms with Crippen molar-refractivity contribution in [2.24, 2.45) is 0 Å². The number of unbranched alkanes of at least 4 members (excludes halogenated alkanes) is 1. The molecular formula is C17H15NO6. The maximum Gasteiger partial charge on any atom is 0.371 e. The van der Waals surface area contributed by atoms with Crippen LogP contribution >= 0.6 is 0 Å². The Morgan fingerprint density at radius 2 is 2.12 bits per heavy atom. The maximum atomic E-state index is 12.1. The SMILES string of the molecule is CCCCOc1ccc2nc(O)c3c(=O)cc(C(=O)O)oc3c2c1. The fraction of sp³-hybridized carbons (Fsp3) is 0.235. The fourth-order valence-electron chi connectivity index (χ4n) is 2.39. The van der Waals surface area contributed by atoms with Gasteiger partial charge in [-0.3, -0.25) is 4.79 Å². The van der Waals surface area contributed by atoms with E-state index in [0.29, 0.717) is 23.3 Å². The third-order valence-corrected chi connectivity index (χ3v) is 3.59. The predicted octanol–water partition coefficient (Wildman–Crippen LogP) is 2.92. The van der Waals surface area contributed by atoms with E-state index in [1.807, 2.05) is 6.92 Å². The van der Waals surface area contributed by atoms with Crippen molar-refractivity contribution in [3.63, 3.8) is 0 Å². The van der Waals surface area contributed by atoms with Gasteiger partial charge in [-0.15, -0.1) is 0 Å². The van der Waals surface area contributed by atoms with Crippen LogP contribution in [-0.2, 0) is 0 Å². The molecule has 0 spiro atoms. The van der Waals surface area contributed by atoms with Crippen LogP contribution in [0.3, 0.4) is 0 Å². The molecular weight excluding hydrogens is 314 g/mol. The van der Waals surface area contributed by atoms with Gasteiger partial charge in [0.2, 0.25) is 11.6 Å². The van der Waals surface area contributed by atoms with Crippen LogP contribution in [0.25, 0.3) is 21.9 Å². The molecule has 2 heterocycles. The van der Waals surface area contributed by atoms with Crippen molar-refractivity contribution in [1.29, 1.82) is 0 Å². The first kappa shape index (κ1) is 15.8. The van der Waals surface area contributed by atoms with Crippen LogP contribution in [0.2, 0.25) is 0 Å². The van der Waals surface area contributed by atoms with E-state index in [0.717, 1.165) is 18.9 Å². The van der Waals surface area contributed by atoms with E-state index in [9.17, 15) is 14.7 Å². The number of hydrogen-bond donors (Lipinski definition) is 2. The van der Waals surface area contributed by atoms with Crippen LogP contribution in [0, 0.1) is 0 Å². The molecule has 0 saturated carbocycles. The second-order valence-corrected chi connectivity index (χ2v) is 5.30. The van der Waals surface area contributed by atoms with Crippen molar-refractivity contribution in [3.8, 4) is 11.6 Å². The molecule has 0 radical (unpaired) electrons. The molecule has 0 aliphatic rings. The summed E-state index contributed by atoms with van der Waals surface area (Å²) in [4.78, 5) is 27.2. The van der Waals surface area contributed by atoms with Gasteiger partial charge in [-0.2, -0.15) is 0 Å². The van der Waals surface area contributed by atoms with E-state index in [2.05, 4.69) is 4.98 Å². The minimum Gasteiger partial charge on any atom is -0.494 e. The molecule has 7 nitrogen and oxygen atoms in total. The number of rotatable bonds is 5. The number of aromatic hydroxyl groups is 1. The Hall–Kier alpha value is -3.09. The van der Waals surface area contributed by atoms with E-state index in [1.54, 1.807) is 18.2 Å². The van der Waals surface area contributed by atoms with E-state index >= 15 is 0 Å². The summed E-state index contributed by atoms with van der Waals surface area (Å²) in [5.41, 5.74) is -0.324. The lowest BCUT2D eigenvalue weighted by Gasteiger charge is -2.08. The molecule has 24 heavy (non-hydrogen) atoms. The number of aromatic carboxylic acids is 1. The van der Waals surface area contributed by atoms with Gasteiger partial charge in [-0.25, -0.2) is 9.78 Å². The van der Waals surface area contributed by atoms with Gasteiger partial charge in [0, 0.05) is 11.5 Å². The van der Waals surface area contributed by atoms with Crippen LogP contribution in [0.1, 0.15) is 30.3 Å². The Bertz CT molecular complexity index is 992. The average Bonchev–Trinajstić information content (AvgIpc) is 2.55. The first-order chi connectivity index (χ1) is 11.5. The molecule has 2 N–H and O–H groups in total. The number of pyridine rings is 1. The Morgan fingerprint density at radius 3 is 2.83 bits per heavy atom. The van der Waals surface area contributed by atoms with E-state index in [-0.39, 0.29) is 11.0 Å². The smallest absolute Gasteiger partial charge is 0.371 e. The number of nitrogens with zero attached hydrogens (tertiary/aromatic N) is 1. The van der Waals surface area contributed by atoms with Crippen LogP contribution in [-0.4, -0.2) is 27.8 Å². The second-order valence-electron chi connectivity index (χ2n) is 5.30. The van der Waals surface area contributed by atoms with Gasteiger partial charge in [0.25, 0.3) is 0 Å². The maximum absolute atomic E-state index is 12.1. The molecule has 0 aliphatic heterocycles. The highest BCUT2D eigenvalue weighted by Gasteiger charge is 2.17. The number of aromatic nitrogens is 1. The van der Waals surface area contributed by atoms with Gasteiger partial charge in [0.1, 0.15) is 11.1 Å². The molecule has 3 aromatic rings. The van der Waals surface area contributed by atoms with Gasteiger partial charge in [0.15, 0.2) is 11.0 Å². The molecule has 7 heteroatoms. The van der Waals surface area contributed by atoms with Gasteiger partial charge in [-0.1, -0.05) is 13.3 Å². The van der Waals surface area contributed by atoms with Crippen LogP contribution in [0.15, 0.2) is 33.5 Å². The number of fused-ring (bicyclic) bond motifs is 3. The Morgan fingerprint density at radius 1 is 1.33 bits per heavy atom. The summed E-state index contributed by atoms with van der Waals surface area (Å²) in [7, 11) is 0. The quantitative estimate of drug-likeness (QED) is 0.547. The minimum atomic E-state index is -1.37. The van der Waals surface area contributed by atoms with Gasteiger partial charge in [0.05, 0.1) is 12.1 Å². The van der Waals surface area contributed by atoms with E-state index in [1.165, 1.54) is 0 Å². The number of carboxylic acid groups (broad SMARTS) is 1.